The van der Waals surface area contributed by atoms with Gasteiger partial charge in [0.15, 0.2) is 20.7 Å². The summed E-state index contributed by atoms with van der Waals surface area (Å²) in [6, 6.07) is 4.90. The van der Waals surface area contributed by atoms with Crippen molar-refractivity contribution in [3.05, 3.63) is 48.4 Å². The lowest BCUT2D eigenvalue weighted by atomic mass is 10.1. The van der Waals surface area contributed by atoms with Crippen molar-refractivity contribution in [2.24, 2.45) is 7.05 Å². The minimum Gasteiger partial charge on any atom is -0.325 e. The van der Waals surface area contributed by atoms with Gasteiger partial charge in [-0.05, 0) is 18.2 Å². The fourth-order valence-corrected chi connectivity index (χ4v) is 4.88. The summed E-state index contributed by atoms with van der Waals surface area (Å²) in [6.45, 7) is 1.53. The summed E-state index contributed by atoms with van der Waals surface area (Å²) >= 11 is 0. The number of pyridine rings is 1. The number of sulfone groups is 1. The summed E-state index contributed by atoms with van der Waals surface area (Å²) < 4.78 is 68.1. The first kappa shape index (κ1) is 20.4. The molecule has 12 heteroatoms. The molecule has 0 aliphatic heterocycles. The monoisotopic (exact) mass is 460 g/mol. The Balaban J connectivity index is 1.83. The first-order valence-electron chi connectivity index (χ1n) is 9.50. The molecule has 0 spiro atoms. The second-order valence-electron chi connectivity index (χ2n) is 7.17. The number of fused-ring (bicyclic) bond motifs is 4. The van der Waals surface area contributed by atoms with Crippen molar-refractivity contribution in [1.82, 2.24) is 28.9 Å². The number of aromatic nitrogens is 6. The highest BCUT2D eigenvalue weighted by Crippen LogP contribution is 2.35. The van der Waals surface area contributed by atoms with Gasteiger partial charge in [-0.15, -0.1) is 0 Å². The van der Waals surface area contributed by atoms with Crippen LogP contribution in [0, 0.1) is 0 Å². The van der Waals surface area contributed by atoms with Crippen LogP contribution in [0.1, 0.15) is 12.5 Å². The summed E-state index contributed by atoms with van der Waals surface area (Å²) in [5.41, 5.74) is 0.384. The summed E-state index contributed by atoms with van der Waals surface area (Å²) in [6.07, 6.45) is -0.0720. The van der Waals surface area contributed by atoms with Gasteiger partial charge >= 0.3 is 6.18 Å². The molecule has 0 saturated heterocycles. The molecule has 0 saturated carbocycles. The maximum atomic E-state index is 13.1. The zero-order valence-electron chi connectivity index (χ0n) is 16.8. The number of halogens is 3. The van der Waals surface area contributed by atoms with Crippen LogP contribution >= 0.6 is 0 Å². The number of hydrogen-bond acceptors (Lipinski definition) is 6. The third kappa shape index (κ3) is 2.93. The second-order valence-corrected chi connectivity index (χ2v) is 9.37. The highest BCUT2D eigenvalue weighted by atomic mass is 32.2. The van der Waals surface area contributed by atoms with Crippen LogP contribution in [0.2, 0.25) is 0 Å². The molecule has 164 valence electrons. The third-order valence-electron chi connectivity index (χ3n) is 5.27. The minimum atomic E-state index is -4.49. The first-order valence-corrected chi connectivity index (χ1v) is 11.2. The van der Waals surface area contributed by atoms with Crippen molar-refractivity contribution >= 4 is 37.6 Å². The van der Waals surface area contributed by atoms with E-state index < -0.39 is 21.6 Å². The molecule has 4 heterocycles. The van der Waals surface area contributed by atoms with Crippen molar-refractivity contribution in [1.29, 1.82) is 0 Å². The van der Waals surface area contributed by atoms with Gasteiger partial charge < -0.3 is 4.57 Å². The molecule has 0 bridgehead atoms. The van der Waals surface area contributed by atoms with Gasteiger partial charge in [0.05, 0.1) is 28.5 Å². The molecule has 0 atom stereocenters. The summed E-state index contributed by atoms with van der Waals surface area (Å²) in [4.78, 5) is 17.2. The highest BCUT2D eigenvalue weighted by molar-refractivity contribution is 7.91. The largest absolute Gasteiger partial charge is 0.416 e. The van der Waals surface area contributed by atoms with Crippen LogP contribution in [0.4, 0.5) is 13.2 Å². The molecule has 0 aliphatic carbocycles. The van der Waals surface area contributed by atoms with Gasteiger partial charge in [0.2, 0.25) is 5.78 Å². The molecule has 1 aromatic carbocycles. The average Bonchev–Trinajstić information content (AvgIpc) is 3.31. The zero-order valence-corrected chi connectivity index (χ0v) is 17.6. The van der Waals surface area contributed by atoms with E-state index in [1.807, 2.05) is 0 Å². The molecular weight excluding hydrogens is 445 g/mol. The number of nitrogens with zero attached hydrogens (tertiary/aromatic N) is 6. The maximum Gasteiger partial charge on any atom is 0.416 e. The van der Waals surface area contributed by atoms with E-state index in [2.05, 4.69) is 19.9 Å². The molecule has 0 radical (unpaired) electrons. The maximum absolute atomic E-state index is 13.1. The molecule has 0 N–H and O–H groups in total. The minimum absolute atomic E-state index is 0.0434. The Hall–Kier alpha value is -3.54. The number of benzene rings is 1. The Kier molecular flexibility index (Phi) is 4.28. The van der Waals surface area contributed by atoms with Crippen LogP contribution < -0.4 is 0 Å². The Labute approximate surface area is 179 Å². The topological polar surface area (TPSA) is 95.0 Å². The van der Waals surface area contributed by atoms with E-state index in [4.69, 9.17) is 0 Å². The van der Waals surface area contributed by atoms with Gasteiger partial charge in [0.25, 0.3) is 0 Å². The third-order valence-corrected chi connectivity index (χ3v) is 7.01. The van der Waals surface area contributed by atoms with Gasteiger partial charge in [-0.2, -0.15) is 13.2 Å². The SMILES string of the molecule is CCS(=O)(=O)c1c(-c2nc3cnc4cc(C(F)(F)F)ccc4c3n2C)nc2ncccn12. The van der Waals surface area contributed by atoms with Crippen molar-refractivity contribution in [2.75, 3.05) is 5.75 Å². The quantitative estimate of drug-likeness (QED) is 0.408. The standard InChI is InChI=1S/C20H15F3N6O2S/c1-3-32(30,31)18-15(27-19-24-7-4-8-29(18)19)17-26-14-10-25-13-9-11(20(21,22)23)5-6-12(13)16(14)28(17)2/h4-10H,3H2,1-2H3. The molecule has 0 amide bonds. The van der Waals surface area contributed by atoms with E-state index in [1.54, 1.807) is 23.9 Å². The van der Waals surface area contributed by atoms with Crippen molar-refractivity contribution in [3.8, 4) is 11.5 Å². The van der Waals surface area contributed by atoms with Gasteiger partial charge in [-0.3, -0.25) is 9.38 Å². The Bertz CT molecular complexity index is 1640. The lowest BCUT2D eigenvalue weighted by molar-refractivity contribution is -0.137. The number of rotatable bonds is 3. The number of aryl methyl sites for hydroxylation is 1. The van der Waals surface area contributed by atoms with Crippen LogP contribution in [0.15, 0.2) is 47.9 Å². The average molecular weight is 460 g/mol. The highest BCUT2D eigenvalue weighted by Gasteiger charge is 2.31. The Morgan fingerprint density at radius 3 is 2.59 bits per heavy atom. The summed E-state index contributed by atoms with van der Waals surface area (Å²) in [5.74, 6) is 0.281. The van der Waals surface area contributed by atoms with Crippen LogP contribution in [0.5, 0.6) is 0 Å². The van der Waals surface area contributed by atoms with Gasteiger partial charge in [0.1, 0.15) is 11.2 Å². The molecular formula is C20H15F3N6O2S. The summed E-state index contributed by atoms with van der Waals surface area (Å²) in [5, 5.41) is 0.414. The Morgan fingerprint density at radius 2 is 1.88 bits per heavy atom. The molecule has 5 aromatic rings. The Morgan fingerprint density at radius 1 is 1.09 bits per heavy atom. The predicted molar refractivity (Wildman–Crippen MR) is 111 cm³/mol. The van der Waals surface area contributed by atoms with E-state index in [0.29, 0.717) is 16.4 Å². The molecule has 0 aliphatic rings. The van der Waals surface area contributed by atoms with Gasteiger partial charge in [-0.25, -0.2) is 23.4 Å². The number of hydrogen-bond donors (Lipinski definition) is 0. The normalized spacial score (nSPS) is 12.9. The van der Waals surface area contributed by atoms with Crippen LogP contribution in [-0.4, -0.2) is 43.1 Å². The van der Waals surface area contributed by atoms with Gasteiger partial charge in [0, 0.05) is 24.8 Å². The molecule has 0 unspecified atom stereocenters. The van der Waals surface area contributed by atoms with Crippen molar-refractivity contribution in [2.45, 2.75) is 18.1 Å². The lowest BCUT2D eigenvalue weighted by Gasteiger charge is -2.08. The zero-order chi connectivity index (χ0) is 22.8. The number of alkyl halides is 3. The molecule has 8 nitrogen and oxygen atoms in total. The van der Waals surface area contributed by atoms with Crippen LogP contribution in [0.3, 0.4) is 0 Å². The van der Waals surface area contributed by atoms with E-state index in [9.17, 15) is 21.6 Å². The molecule has 0 fully saturated rings. The van der Waals surface area contributed by atoms with E-state index >= 15 is 0 Å². The van der Waals surface area contributed by atoms with E-state index in [0.717, 1.165) is 12.1 Å². The van der Waals surface area contributed by atoms with Gasteiger partial charge in [-0.1, -0.05) is 13.0 Å². The summed E-state index contributed by atoms with van der Waals surface area (Å²) in [7, 11) is -2.06. The molecule has 32 heavy (non-hydrogen) atoms. The van der Waals surface area contributed by atoms with Crippen LogP contribution in [0.25, 0.3) is 39.2 Å². The second kappa shape index (κ2) is 6.73. The lowest BCUT2D eigenvalue weighted by Crippen LogP contribution is -2.09. The van der Waals surface area contributed by atoms with E-state index in [1.165, 1.54) is 29.8 Å². The number of imidazole rings is 2. The molecule has 5 rings (SSSR count). The predicted octanol–water partition coefficient (Wildman–Crippen LogP) is 3.64. The fourth-order valence-electron chi connectivity index (χ4n) is 3.73. The fraction of sp³-hybridized carbons (Fsp3) is 0.200. The van der Waals surface area contributed by atoms with Crippen molar-refractivity contribution < 1.29 is 21.6 Å². The smallest absolute Gasteiger partial charge is 0.325 e. The van der Waals surface area contributed by atoms with Crippen LogP contribution in [-0.2, 0) is 23.1 Å². The first-order chi connectivity index (χ1) is 15.1. The van der Waals surface area contributed by atoms with Crippen molar-refractivity contribution in [3.63, 3.8) is 0 Å². The van der Waals surface area contributed by atoms with E-state index in [-0.39, 0.29) is 33.6 Å². The molecule has 4 aromatic heterocycles.